The molecule has 2 atom stereocenters. The summed E-state index contributed by atoms with van der Waals surface area (Å²) >= 11 is 1.90. The highest BCUT2D eigenvalue weighted by Gasteiger charge is 2.16. The first-order chi connectivity index (χ1) is 10.2. The number of hydrogen-bond acceptors (Lipinski definition) is 4. The quantitative estimate of drug-likeness (QED) is 0.848. The molecule has 0 spiro atoms. The molecule has 0 aliphatic carbocycles. The second kappa shape index (κ2) is 8.29. The van der Waals surface area contributed by atoms with Crippen molar-refractivity contribution in [3.63, 3.8) is 0 Å². The second-order valence-electron chi connectivity index (χ2n) is 5.34. The van der Waals surface area contributed by atoms with E-state index in [-0.39, 0.29) is 18.1 Å². The topological polar surface area (TPSA) is 50.4 Å². The Hall–Kier alpha value is -1.20. The van der Waals surface area contributed by atoms with Crippen LogP contribution in [0.4, 0.5) is 5.69 Å². The van der Waals surface area contributed by atoms with Gasteiger partial charge in [-0.1, -0.05) is 13.0 Å². The highest BCUT2D eigenvalue weighted by molar-refractivity contribution is 7.99. The largest absolute Gasteiger partial charge is 0.491 e. The number of thioether (sulfide) groups is 1. The van der Waals surface area contributed by atoms with Crippen LogP contribution in [-0.4, -0.2) is 36.1 Å². The van der Waals surface area contributed by atoms with Gasteiger partial charge >= 0.3 is 0 Å². The summed E-state index contributed by atoms with van der Waals surface area (Å²) < 4.78 is 5.77. The standard InChI is InChI=1S/C16H24N2O2S/c1-3-12(2)20-15-6-4-5-13(9-15)18-16(19)10-14-11-21-8-7-17-14/h4-6,9,12,14,17H,3,7-8,10-11H2,1-2H3,(H,18,19). The highest BCUT2D eigenvalue weighted by Crippen LogP contribution is 2.20. The molecule has 1 aromatic rings. The third kappa shape index (κ3) is 5.59. The lowest BCUT2D eigenvalue weighted by Crippen LogP contribution is -2.39. The molecule has 1 saturated heterocycles. The van der Waals surface area contributed by atoms with E-state index in [1.807, 2.05) is 43.0 Å². The Labute approximate surface area is 131 Å². The predicted octanol–water partition coefficient (Wildman–Crippen LogP) is 2.90. The molecule has 5 heteroatoms. The molecule has 116 valence electrons. The molecule has 2 N–H and O–H groups in total. The maximum atomic E-state index is 12.1. The van der Waals surface area contributed by atoms with E-state index in [0.717, 1.165) is 35.9 Å². The van der Waals surface area contributed by atoms with Gasteiger partial charge < -0.3 is 15.4 Å². The summed E-state index contributed by atoms with van der Waals surface area (Å²) in [5.41, 5.74) is 0.796. The van der Waals surface area contributed by atoms with Crippen LogP contribution in [0.15, 0.2) is 24.3 Å². The second-order valence-corrected chi connectivity index (χ2v) is 6.49. The molecule has 2 rings (SSSR count). The molecule has 4 nitrogen and oxygen atoms in total. The van der Waals surface area contributed by atoms with E-state index in [2.05, 4.69) is 17.6 Å². The monoisotopic (exact) mass is 308 g/mol. The number of hydrogen-bond donors (Lipinski definition) is 2. The lowest BCUT2D eigenvalue weighted by atomic mass is 10.2. The molecule has 21 heavy (non-hydrogen) atoms. The molecule has 1 fully saturated rings. The molecule has 1 heterocycles. The first-order valence-corrected chi connectivity index (χ1v) is 8.70. The fourth-order valence-electron chi connectivity index (χ4n) is 2.15. The van der Waals surface area contributed by atoms with E-state index in [1.165, 1.54) is 0 Å². The minimum atomic E-state index is 0.0516. The van der Waals surface area contributed by atoms with Crippen LogP contribution in [0.3, 0.4) is 0 Å². The smallest absolute Gasteiger partial charge is 0.225 e. The van der Waals surface area contributed by atoms with Crippen LogP contribution >= 0.6 is 11.8 Å². The fraction of sp³-hybridized carbons (Fsp3) is 0.562. The zero-order chi connectivity index (χ0) is 15.1. The summed E-state index contributed by atoms with van der Waals surface area (Å²) in [6, 6.07) is 7.88. The van der Waals surface area contributed by atoms with E-state index in [4.69, 9.17) is 4.74 Å². The Morgan fingerprint density at radius 2 is 2.43 bits per heavy atom. The van der Waals surface area contributed by atoms with Crippen LogP contribution in [0.25, 0.3) is 0 Å². The van der Waals surface area contributed by atoms with Crippen molar-refractivity contribution < 1.29 is 9.53 Å². The van der Waals surface area contributed by atoms with Crippen LogP contribution < -0.4 is 15.4 Å². The van der Waals surface area contributed by atoms with Crippen molar-refractivity contribution in [3.05, 3.63) is 24.3 Å². The van der Waals surface area contributed by atoms with Crippen molar-refractivity contribution >= 4 is 23.4 Å². The number of carbonyl (C=O) groups is 1. The number of ether oxygens (including phenoxy) is 1. The molecule has 1 aliphatic rings. The van der Waals surface area contributed by atoms with Crippen LogP contribution in [0.5, 0.6) is 5.75 Å². The van der Waals surface area contributed by atoms with E-state index >= 15 is 0 Å². The lowest BCUT2D eigenvalue weighted by molar-refractivity contribution is -0.116. The number of rotatable bonds is 6. The Balaban J connectivity index is 1.86. The highest BCUT2D eigenvalue weighted by atomic mass is 32.2. The molecule has 2 unspecified atom stereocenters. The van der Waals surface area contributed by atoms with Gasteiger partial charge in [0.05, 0.1) is 6.10 Å². The average molecular weight is 308 g/mol. The fourth-order valence-corrected chi connectivity index (χ4v) is 3.10. The van der Waals surface area contributed by atoms with Crippen molar-refractivity contribution in [2.24, 2.45) is 0 Å². The van der Waals surface area contributed by atoms with Gasteiger partial charge in [-0.25, -0.2) is 0 Å². The minimum absolute atomic E-state index is 0.0516. The van der Waals surface area contributed by atoms with Crippen LogP contribution in [0, 0.1) is 0 Å². The van der Waals surface area contributed by atoms with Gasteiger partial charge in [-0.15, -0.1) is 0 Å². The third-order valence-corrected chi connectivity index (χ3v) is 4.59. The summed E-state index contributed by atoms with van der Waals surface area (Å²) in [6.45, 7) is 5.12. The molecule has 1 aromatic carbocycles. The van der Waals surface area contributed by atoms with Gasteiger partial charge in [0.1, 0.15) is 5.75 Å². The number of carbonyl (C=O) groups excluding carboxylic acids is 1. The summed E-state index contributed by atoms with van der Waals surface area (Å²) in [6.07, 6.45) is 1.66. The summed E-state index contributed by atoms with van der Waals surface area (Å²) in [5.74, 6) is 2.99. The van der Waals surface area contributed by atoms with Crippen LogP contribution in [0.2, 0.25) is 0 Å². The maximum Gasteiger partial charge on any atom is 0.225 e. The predicted molar refractivity (Wildman–Crippen MR) is 89.2 cm³/mol. The number of nitrogens with one attached hydrogen (secondary N) is 2. The summed E-state index contributed by atoms with van der Waals surface area (Å²) in [5, 5.41) is 6.33. The van der Waals surface area contributed by atoms with E-state index < -0.39 is 0 Å². The van der Waals surface area contributed by atoms with Crippen LogP contribution in [0.1, 0.15) is 26.7 Å². The maximum absolute atomic E-state index is 12.1. The van der Waals surface area contributed by atoms with Crippen molar-refractivity contribution in [2.75, 3.05) is 23.4 Å². The zero-order valence-corrected chi connectivity index (χ0v) is 13.5. The van der Waals surface area contributed by atoms with Gasteiger partial charge in [0.2, 0.25) is 5.91 Å². The van der Waals surface area contributed by atoms with Gasteiger partial charge in [0.25, 0.3) is 0 Å². The van der Waals surface area contributed by atoms with Crippen molar-refractivity contribution in [2.45, 2.75) is 38.8 Å². The molecular weight excluding hydrogens is 284 g/mol. The summed E-state index contributed by atoms with van der Waals surface area (Å²) in [4.78, 5) is 12.1. The zero-order valence-electron chi connectivity index (χ0n) is 12.7. The molecule has 1 aliphatic heterocycles. The van der Waals surface area contributed by atoms with Gasteiger partial charge in [-0.3, -0.25) is 4.79 Å². The molecule has 0 radical (unpaired) electrons. The molecule has 0 saturated carbocycles. The van der Waals surface area contributed by atoms with Crippen molar-refractivity contribution in [1.29, 1.82) is 0 Å². The molecular formula is C16H24N2O2S. The lowest BCUT2D eigenvalue weighted by Gasteiger charge is -2.22. The van der Waals surface area contributed by atoms with Gasteiger partial charge in [-0.05, 0) is 25.5 Å². The molecule has 1 amide bonds. The third-order valence-electron chi connectivity index (χ3n) is 3.46. The summed E-state index contributed by atoms with van der Waals surface area (Å²) in [7, 11) is 0. The van der Waals surface area contributed by atoms with Gasteiger partial charge in [-0.2, -0.15) is 11.8 Å². The number of benzene rings is 1. The van der Waals surface area contributed by atoms with Gasteiger partial charge in [0.15, 0.2) is 0 Å². The number of amides is 1. The Bertz CT molecular complexity index is 461. The normalized spacial score (nSPS) is 19.8. The Morgan fingerprint density at radius 3 is 3.14 bits per heavy atom. The van der Waals surface area contributed by atoms with E-state index in [0.29, 0.717) is 6.42 Å². The SMILES string of the molecule is CCC(C)Oc1cccc(NC(=O)CC2CSCCN2)c1. The first-order valence-electron chi connectivity index (χ1n) is 7.55. The molecule has 0 bridgehead atoms. The Morgan fingerprint density at radius 1 is 1.57 bits per heavy atom. The average Bonchev–Trinajstić information content (AvgIpc) is 2.48. The number of anilines is 1. The van der Waals surface area contributed by atoms with E-state index in [1.54, 1.807) is 0 Å². The van der Waals surface area contributed by atoms with Crippen molar-refractivity contribution in [1.82, 2.24) is 5.32 Å². The van der Waals surface area contributed by atoms with Gasteiger partial charge in [0, 0.05) is 42.3 Å². The minimum Gasteiger partial charge on any atom is -0.491 e. The van der Waals surface area contributed by atoms with E-state index in [9.17, 15) is 4.79 Å². The molecule has 0 aromatic heterocycles. The van der Waals surface area contributed by atoms with Crippen LogP contribution in [-0.2, 0) is 4.79 Å². The first kappa shape index (κ1) is 16.2. The Kier molecular flexibility index (Phi) is 6.39. The van der Waals surface area contributed by atoms with Crippen molar-refractivity contribution in [3.8, 4) is 5.75 Å².